The molecule has 7 nitrogen and oxygen atoms in total. The van der Waals surface area contributed by atoms with E-state index in [0.29, 0.717) is 49.3 Å². The van der Waals surface area contributed by atoms with Crippen LogP contribution in [0.15, 0.2) is 65.6 Å². The first-order chi connectivity index (χ1) is 18.4. The lowest BCUT2D eigenvalue weighted by Crippen LogP contribution is -2.27. The molecule has 0 spiro atoms. The number of ether oxygens (including phenoxy) is 3. The first kappa shape index (κ1) is 26.1. The van der Waals surface area contributed by atoms with Crippen molar-refractivity contribution in [3.05, 3.63) is 87.3 Å². The zero-order chi connectivity index (χ0) is 26.6. The average molecular weight is 567 g/mol. The topological polar surface area (TPSA) is 77.1 Å². The maximum atomic E-state index is 13.1. The molecule has 2 heterocycles. The number of benzene rings is 3. The van der Waals surface area contributed by atoms with E-state index in [2.05, 4.69) is 12.2 Å². The van der Waals surface area contributed by atoms with Crippen LogP contribution in [0, 0.1) is 0 Å². The van der Waals surface area contributed by atoms with Gasteiger partial charge in [0.25, 0.3) is 11.8 Å². The summed E-state index contributed by atoms with van der Waals surface area (Å²) < 4.78 is 16.8. The number of carbonyl (C=O) groups is 2. The van der Waals surface area contributed by atoms with E-state index < -0.39 is 0 Å². The number of thiocarbonyl (C=S) groups is 1. The molecule has 3 aromatic rings. The number of halogens is 1. The van der Waals surface area contributed by atoms with E-state index in [9.17, 15) is 9.59 Å². The van der Waals surface area contributed by atoms with Crippen molar-refractivity contribution in [1.29, 1.82) is 0 Å². The van der Waals surface area contributed by atoms with Gasteiger partial charge in [0, 0.05) is 5.69 Å². The van der Waals surface area contributed by atoms with E-state index in [1.807, 2.05) is 42.5 Å². The van der Waals surface area contributed by atoms with E-state index in [1.165, 1.54) is 17.3 Å². The summed E-state index contributed by atoms with van der Waals surface area (Å²) in [4.78, 5) is 27.4. The fourth-order valence-electron chi connectivity index (χ4n) is 3.90. The van der Waals surface area contributed by atoms with Gasteiger partial charge in [0.1, 0.15) is 10.1 Å². The van der Waals surface area contributed by atoms with Crippen LogP contribution in [0.1, 0.15) is 23.6 Å². The van der Waals surface area contributed by atoms with Crippen molar-refractivity contribution >= 4 is 63.5 Å². The van der Waals surface area contributed by atoms with Gasteiger partial charge in [-0.3, -0.25) is 14.5 Å². The second-order valence-corrected chi connectivity index (χ2v) is 10.6. The Bertz CT molecular complexity index is 1440. The number of aryl methyl sites for hydroxylation is 1. The Morgan fingerprint density at radius 3 is 2.63 bits per heavy atom. The van der Waals surface area contributed by atoms with Crippen molar-refractivity contribution in [3.8, 4) is 17.2 Å². The summed E-state index contributed by atoms with van der Waals surface area (Å²) in [5.74, 6) is 1.24. The molecule has 10 heteroatoms. The molecule has 5 rings (SSSR count). The molecule has 194 valence electrons. The fraction of sp³-hybridized carbons (Fsp3) is 0.179. The van der Waals surface area contributed by atoms with Crippen molar-refractivity contribution in [2.75, 3.05) is 18.7 Å². The van der Waals surface area contributed by atoms with Crippen molar-refractivity contribution in [1.82, 2.24) is 4.90 Å². The molecular weight excluding hydrogens is 544 g/mol. The molecule has 0 atom stereocenters. The van der Waals surface area contributed by atoms with Crippen LogP contribution in [0.25, 0.3) is 6.08 Å². The van der Waals surface area contributed by atoms with Crippen molar-refractivity contribution in [2.45, 2.75) is 19.9 Å². The van der Waals surface area contributed by atoms with Gasteiger partial charge >= 0.3 is 0 Å². The normalized spacial score (nSPS) is 15.3. The SMILES string of the molecule is CCc1ccc(NC(=O)COc2ccc(/C=C3\SC(=S)N(Cc4ccc5c(c4)OCO5)C3=O)cc2Cl)cc1. The van der Waals surface area contributed by atoms with E-state index in [4.69, 9.17) is 38.0 Å². The number of nitrogens with one attached hydrogen (secondary N) is 1. The highest BCUT2D eigenvalue weighted by Crippen LogP contribution is 2.37. The van der Waals surface area contributed by atoms with Crippen molar-refractivity contribution < 1.29 is 23.8 Å². The van der Waals surface area contributed by atoms with Gasteiger partial charge < -0.3 is 19.5 Å². The van der Waals surface area contributed by atoms with Crippen LogP contribution < -0.4 is 19.5 Å². The second-order valence-electron chi connectivity index (χ2n) is 8.53. The molecule has 0 aromatic heterocycles. The van der Waals surface area contributed by atoms with E-state index in [0.717, 1.165) is 12.0 Å². The molecule has 0 bridgehead atoms. The van der Waals surface area contributed by atoms with Gasteiger partial charge in [-0.15, -0.1) is 0 Å². The monoisotopic (exact) mass is 566 g/mol. The highest BCUT2D eigenvalue weighted by molar-refractivity contribution is 8.26. The first-order valence-corrected chi connectivity index (χ1v) is 13.4. The number of carbonyl (C=O) groups excluding carboxylic acids is 2. The standard InChI is InChI=1S/C28H23ClN2O5S2/c1-2-17-3-7-20(8-4-17)30-26(32)15-34-22-9-5-18(11-21(22)29)13-25-27(33)31(28(37)38-25)14-19-6-10-23-24(12-19)36-16-35-23/h3-13H,2,14-16H2,1H3,(H,30,32)/b25-13-. The molecular formula is C28H23ClN2O5S2. The summed E-state index contributed by atoms with van der Waals surface area (Å²) in [5, 5.41) is 3.13. The Hall–Kier alpha value is -3.53. The number of amides is 2. The van der Waals surface area contributed by atoms with Crippen LogP contribution in [-0.4, -0.2) is 34.4 Å². The molecule has 0 saturated carbocycles. The fourth-order valence-corrected chi connectivity index (χ4v) is 5.40. The molecule has 3 aromatic carbocycles. The van der Waals surface area contributed by atoms with Gasteiger partial charge in [-0.2, -0.15) is 0 Å². The summed E-state index contributed by atoms with van der Waals surface area (Å²) in [5.41, 5.74) is 3.50. The molecule has 1 N–H and O–H groups in total. The summed E-state index contributed by atoms with van der Waals surface area (Å²) in [6.07, 6.45) is 2.67. The van der Waals surface area contributed by atoms with Crippen LogP contribution in [0.3, 0.4) is 0 Å². The van der Waals surface area contributed by atoms with Crippen molar-refractivity contribution in [3.63, 3.8) is 0 Å². The lowest BCUT2D eigenvalue weighted by molar-refractivity contribution is -0.122. The quantitative estimate of drug-likeness (QED) is 0.263. The lowest BCUT2D eigenvalue weighted by atomic mass is 10.1. The molecule has 2 amide bonds. The van der Waals surface area contributed by atoms with Crippen LogP contribution >= 0.6 is 35.6 Å². The third-order valence-corrected chi connectivity index (χ3v) is 7.58. The molecule has 0 aliphatic carbocycles. The molecule has 1 fully saturated rings. The minimum absolute atomic E-state index is 0.183. The second kappa shape index (κ2) is 11.5. The Morgan fingerprint density at radius 1 is 1.11 bits per heavy atom. The zero-order valence-electron chi connectivity index (χ0n) is 20.4. The molecule has 0 unspecified atom stereocenters. The van der Waals surface area contributed by atoms with Crippen LogP contribution in [0.2, 0.25) is 5.02 Å². The third kappa shape index (κ3) is 5.96. The number of anilines is 1. The van der Waals surface area contributed by atoms with E-state index in [1.54, 1.807) is 29.2 Å². The van der Waals surface area contributed by atoms with Gasteiger partial charge in [0.2, 0.25) is 6.79 Å². The molecule has 0 radical (unpaired) electrons. The summed E-state index contributed by atoms with van der Waals surface area (Å²) in [6, 6.07) is 18.3. The Labute approximate surface area is 234 Å². The van der Waals surface area contributed by atoms with Gasteiger partial charge in [-0.1, -0.05) is 66.8 Å². The predicted molar refractivity (Wildman–Crippen MR) is 153 cm³/mol. The summed E-state index contributed by atoms with van der Waals surface area (Å²) >= 11 is 13.1. The minimum atomic E-state index is -0.291. The van der Waals surface area contributed by atoms with Gasteiger partial charge in [-0.25, -0.2) is 0 Å². The predicted octanol–water partition coefficient (Wildman–Crippen LogP) is 6.05. The summed E-state index contributed by atoms with van der Waals surface area (Å²) in [7, 11) is 0. The van der Waals surface area contributed by atoms with Gasteiger partial charge in [0.05, 0.1) is 16.5 Å². The molecule has 2 aliphatic rings. The van der Waals surface area contributed by atoms with Crippen LogP contribution in [-0.2, 0) is 22.6 Å². The number of hydrogen-bond donors (Lipinski definition) is 1. The maximum absolute atomic E-state index is 13.1. The smallest absolute Gasteiger partial charge is 0.266 e. The zero-order valence-corrected chi connectivity index (χ0v) is 22.8. The van der Waals surface area contributed by atoms with E-state index >= 15 is 0 Å². The third-order valence-electron chi connectivity index (χ3n) is 5.91. The maximum Gasteiger partial charge on any atom is 0.266 e. The highest BCUT2D eigenvalue weighted by atomic mass is 35.5. The van der Waals surface area contributed by atoms with Gasteiger partial charge in [-0.05, 0) is 65.6 Å². The van der Waals surface area contributed by atoms with Crippen LogP contribution in [0.5, 0.6) is 17.2 Å². The van der Waals surface area contributed by atoms with Gasteiger partial charge in [0.15, 0.2) is 18.1 Å². The first-order valence-electron chi connectivity index (χ1n) is 11.8. The number of rotatable bonds is 8. The Balaban J connectivity index is 1.19. The Morgan fingerprint density at radius 2 is 1.87 bits per heavy atom. The number of hydrogen-bond acceptors (Lipinski definition) is 7. The van der Waals surface area contributed by atoms with Crippen molar-refractivity contribution in [2.24, 2.45) is 0 Å². The Kier molecular flexibility index (Phi) is 7.87. The number of fused-ring (bicyclic) bond motifs is 1. The highest BCUT2D eigenvalue weighted by Gasteiger charge is 2.32. The lowest BCUT2D eigenvalue weighted by Gasteiger charge is -2.14. The number of thioether (sulfide) groups is 1. The minimum Gasteiger partial charge on any atom is -0.482 e. The summed E-state index contributed by atoms with van der Waals surface area (Å²) in [6.45, 7) is 2.41. The molecule has 38 heavy (non-hydrogen) atoms. The van der Waals surface area contributed by atoms with E-state index in [-0.39, 0.29) is 25.2 Å². The van der Waals surface area contributed by atoms with Crippen LogP contribution in [0.4, 0.5) is 5.69 Å². The molecule has 2 aliphatic heterocycles. The largest absolute Gasteiger partial charge is 0.482 e. The molecule has 1 saturated heterocycles. The number of nitrogens with zero attached hydrogens (tertiary/aromatic N) is 1. The average Bonchev–Trinajstić information content (AvgIpc) is 3.48.